The van der Waals surface area contributed by atoms with Crippen LogP contribution >= 0.6 is 11.3 Å². The number of amides is 1. The van der Waals surface area contributed by atoms with Crippen molar-refractivity contribution < 1.29 is 24.0 Å². The van der Waals surface area contributed by atoms with Gasteiger partial charge in [-0.25, -0.2) is 9.78 Å². The van der Waals surface area contributed by atoms with Gasteiger partial charge in [-0.05, 0) is 42.0 Å². The third-order valence-electron chi connectivity index (χ3n) is 5.74. The summed E-state index contributed by atoms with van der Waals surface area (Å²) in [5, 5.41) is 15.9. The van der Waals surface area contributed by atoms with E-state index in [1.54, 1.807) is 42.5 Å². The highest BCUT2D eigenvalue weighted by Crippen LogP contribution is 2.26. The molecule has 0 fully saturated rings. The lowest BCUT2D eigenvalue weighted by molar-refractivity contribution is -0.384. The SMILES string of the molecule is O=C(Nc1nc(-c2ccccc2)cs1)c1ccccc1C(=O)OCc1cccc(Oc2ccc([N+](=O)[O-])cc2)c1. The van der Waals surface area contributed by atoms with E-state index in [1.165, 1.54) is 41.7 Å². The number of ether oxygens (including phenoxy) is 2. The Morgan fingerprint density at radius 1 is 0.850 bits per heavy atom. The third kappa shape index (κ3) is 6.37. The molecule has 0 aliphatic carbocycles. The minimum atomic E-state index is -0.656. The quantitative estimate of drug-likeness (QED) is 0.118. The number of anilines is 1. The number of nitro groups is 1. The normalized spacial score (nSPS) is 10.5. The number of benzene rings is 4. The number of non-ortho nitro benzene ring substituents is 1. The zero-order valence-corrected chi connectivity index (χ0v) is 21.7. The maximum absolute atomic E-state index is 13.0. The Labute approximate surface area is 232 Å². The molecule has 0 aliphatic heterocycles. The summed E-state index contributed by atoms with van der Waals surface area (Å²) in [6, 6.07) is 28.6. The molecule has 1 heterocycles. The molecule has 1 amide bonds. The Morgan fingerprint density at radius 2 is 1.57 bits per heavy atom. The van der Waals surface area contributed by atoms with E-state index in [1.807, 2.05) is 35.7 Å². The number of carbonyl (C=O) groups is 2. The number of rotatable bonds is 9. The van der Waals surface area contributed by atoms with Gasteiger partial charge in [-0.3, -0.25) is 20.2 Å². The van der Waals surface area contributed by atoms with Crippen molar-refractivity contribution in [3.63, 3.8) is 0 Å². The van der Waals surface area contributed by atoms with Crippen LogP contribution in [0.5, 0.6) is 11.5 Å². The molecule has 0 radical (unpaired) electrons. The predicted octanol–water partition coefficient (Wildman–Crippen LogP) is 7.12. The van der Waals surface area contributed by atoms with Crippen molar-refractivity contribution in [3.8, 4) is 22.8 Å². The number of carbonyl (C=O) groups excluding carboxylic acids is 2. The van der Waals surface area contributed by atoms with Crippen LogP contribution in [0, 0.1) is 10.1 Å². The number of nitro benzene ring substituents is 1. The Bertz CT molecular complexity index is 1670. The highest BCUT2D eigenvalue weighted by molar-refractivity contribution is 7.14. The first-order chi connectivity index (χ1) is 19.5. The van der Waals surface area contributed by atoms with Crippen LogP contribution in [0.3, 0.4) is 0 Å². The highest BCUT2D eigenvalue weighted by Gasteiger charge is 2.19. The van der Waals surface area contributed by atoms with Crippen LogP contribution in [0.4, 0.5) is 10.8 Å². The molecule has 5 rings (SSSR count). The van der Waals surface area contributed by atoms with Crippen molar-refractivity contribution in [2.75, 3.05) is 5.32 Å². The number of aromatic nitrogens is 1. The minimum Gasteiger partial charge on any atom is -0.457 e. The molecule has 1 aromatic heterocycles. The molecule has 10 heteroatoms. The van der Waals surface area contributed by atoms with E-state index in [2.05, 4.69) is 10.3 Å². The van der Waals surface area contributed by atoms with Crippen molar-refractivity contribution in [3.05, 3.63) is 135 Å². The fourth-order valence-corrected chi connectivity index (χ4v) is 4.51. The summed E-state index contributed by atoms with van der Waals surface area (Å²) in [5.74, 6) is -0.229. The van der Waals surface area contributed by atoms with E-state index in [0.29, 0.717) is 22.2 Å². The average molecular weight is 552 g/mol. The Hall–Kier alpha value is -5.35. The molecule has 0 aliphatic rings. The van der Waals surface area contributed by atoms with Gasteiger partial charge in [-0.1, -0.05) is 54.6 Å². The van der Waals surface area contributed by atoms with Gasteiger partial charge in [0, 0.05) is 23.1 Å². The number of hydrogen-bond donors (Lipinski definition) is 1. The van der Waals surface area contributed by atoms with E-state index < -0.39 is 16.8 Å². The number of thiazole rings is 1. The van der Waals surface area contributed by atoms with Crippen LogP contribution in [0.1, 0.15) is 26.3 Å². The van der Waals surface area contributed by atoms with E-state index in [-0.39, 0.29) is 23.4 Å². The molecule has 0 unspecified atom stereocenters. The molecular formula is C30H21N3O6S. The molecule has 0 spiro atoms. The predicted molar refractivity (Wildman–Crippen MR) is 151 cm³/mol. The van der Waals surface area contributed by atoms with E-state index >= 15 is 0 Å². The van der Waals surface area contributed by atoms with Crippen LogP contribution in [-0.2, 0) is 11.3 Å². The summed E-state index contributed by atoms with van der Waals surface area (Å²) in [7, 11) is 0. The molecular weight excluding hydrogens is 530 g/mol. The maximum atomic E-state index is 13.0. The Morgan fingerprint density at radius 3 is 2.33 bits per heavy atom. The fraction of sp³-hybridized carbons (Fsp3) is 0.0333. The smallest absolute Gasteiger partial charge is 0.339 e. The summed E-state index contributed by atoms with van der Waals surface area (Å²) in [4.78, 5) is 40.8. The van der Waals surface area contributed by atoms with Crippen LogP contribution in [0.25, 0.3) is 11.3 Å². The van der Waals surface area contributed by atoms with Gasteiger partial charge in [0.1, 0.15) is 18.1 Å². The van der Waals surface area contributed by atoms with E-state index in [4.69, 9.17) is 9.47 Å². The van der Waals surface area contributed by atoms with Crippen molar-refractivity contribution in [2.45, 2.75) is 6.61 Å². The van der Waals surface area contributed by atoms with Crippen LogP contribution in [0.2, 0.25) is 0 Å². The monoisotopic (exact) mass is 551 g/mol. The molecule has 1 N–H and O–H groups in total. The second-order valence-electron chi connectivity index (χ2n) is 8.48. The number of nitrogens with one attached hydrogen (secondary N) is 1. The standard InChI is InChI=1S/C30H21N3O6S/c34-28(32-30-31-27(19-40-30)21-8-2-1-3-9-21)25-11-4-5-12-26(25)29(35)38-18-20-7-6-10-24(17-20)39-23-15-13-22(14-16-23)33(36)37/h1-17,19H,18H2,(H,31,32,34). The lowest BCUT2D eigenvalue weighted by Gasteiger charge is -2.10. The van der Waals surface area contributed by atoms with Crippen molar-refractivity contribution in [2.24, 2.45) is 0 Å². The summed E-state index contributed by atoms with van der Waals surface area (Å²) < 4.78 is 11.3. The first kappa shape index (κ1) is 26.3. The van der Waals surface area contributed by atoms with Gasteiger partial charge in [0.05, 0.1) is 21.7 Å². The zero-order valence-electron chi connectivity index (χ0n) is 20.9. The Kier molecular flexibility index (Phi) is 7.89. The van der Waals surface area contributed by atoms with Gasteiger partial charge < -0.3 is 9.47 Å². The van der Waals surface area contributed by atoms with Crippen molar-refractivity contribution in [1.29, 1.82) is 0 Å². The second-order valence-corrected chi connectivity index (χ2v) is 9.34. The van der Waals surface area contributed by atoms with Gasteiger partial charge in [-0.2, -0.15) is 0 Å². The van der Waals surface area contributed by atoms with Crippen LogP contribution < -0.4 is 10.1 Å². The van der Waals surface area contributed by atoms with Gasteiger partial charge in [0.15, 0.2) is 5.13 Å². The van der Waals surface area contributed by atoms with Crippen molar-refractivity contribution >= 4 is 34.0 Å². The second kappa shape index (κ2) is 12.0. The van der Waals surface area contributed by atoms with E-state index in [9.17, 15) is 19.7 Å². The maximum Gasteiger partial charge on any atom is 0.339 e. The Balaban J connectivity index is 1.22. The van der Waals surface area contributed by atoms with Gasteiger partial charge in [0.25, 0.3) is 11.6 Å². The molecule has 4 aromatic carbocycles. The molecule has 40 heavy (non-hydrogen) atoms. The van der Waals surface area contributed by atoms with Crippen molar-refractivity contribution in [1.82, 2.24) is 4.98 Å². The summed E-state index contributed by atoms with van der Waals surface area (Å²) in [5.41, 5.74) is 2.59. The van der Waals surface area contributed by atoms with Gasteiger partial charge in [-0.15, -0.1) is 11.3 Å². The highest BCUT2D eigenvalue weighted by atomic mass is 32.1. The van der Waals surface area contributed by atoms with Gasteiger partial charge >= 0.3 is 5.97 Å². The molecule has 9 nitrogen and oxygen atoms in total. The molecule has 0 saturated heterocycles. The summed E-state index contributed by atoms with van der Waals surface area (Å²) in [6.45, 7) is -0.0564. The number of esters is 1. The lowest BCUT2D eigenvalue weighted by Crippen LogP contribution is -2.17. The molecule has 0 atom stereocenters. The largest absolute Gasteiger partial charge is 0.457 e. The first-order valence-electron chi connectivity index (χ1n) is 12.1. The summed E-state index contributed by atoms with van der Waals surface area (Å²) in [6.07, 6.45) is 0. The summed E-state index contributed by atoms with van der Waals surface area (Å²) >= 11 is 1.29. The molecule has 0 bridgehead atoms. The van der Waals surface area contributed by atoms with Crippen LogP contribution in [-0.4, -0.2) is 21.8 Å². The first-order valence-corrected chi connectivity index (χ1v) is 12.9. The van der Waals surface area contributed by atoms with Gasteiger partial charge in [0.2, 0.25) is 0 Å². The molecule has 198 valence electrons. The average Bonchev–Trinajstić information content (AvgIpc) is 3.45. The fourth-order valence-electron chi connectivity index (χ4n) is 3.79. The minimum absolute atomic E-state index is 0.0365. The third-order valence-corrected chi connectivity index (χ3v) is 6.50. The number of hydrogen-bond acceptors (Lipinski definition) is 8. The number of nitrogens with zero attached hydrogens (tertiary/aromatic N) is 2. The van der Waals surface area contributed by atoms with Crippen LogP contribution in [0.15, 0.2) is 109 Å². The molecule has 0 saturated carbocycles. The van der Waals surface area contributed by atoms with E-state index in [0.717, 1.165) is 11.3 Å². The molecule has 5 aromatic rings. The topological polar surface area (TPSA) is 121 Å². The zero-order chi connectivity index (χ0) is 27.9. The lowest BCUT2D eigenvalue weighted by atomic mass is 10.1.